The van der Waals surface area contributed by atoms with Crippen molar-refractivity contribution in [3.8, 4) is 0 Å². The Hall–Kier alpha value is -0.510. The highest BCUT2D eigenvalue weighted by Crippen LogP contribution is 2.28. The summed E-state index contributed by atoms with van der Waals surface area (Å²) in [4.78, 5) is 25.2. The smallest absolute Gasteiger partial charge is 0.229 e. The van der Waals surface area contributed by atoms with Crippen LogP contribution in [0.15, 0.2) is 0 Å². The lowest BCUT2D eigenvalue weighted by Gasteiger charge is -2.33. The molecule has 2 amide bonds. The first kappa shape index (κ1) is 14.6. The number of imide groups is 1. The SMILES string of the molecule is CC(C)(C)C(CS)CN1C(=O)CCCCC1=O. The van der Waals surface area contributed by atoms with Gasteiger partial charge in [0.25, 0.3) is 0 Å². The van der Waals surface area contributed by atoms with Crippen molar-refractivity contribution in [2.75, 3.05) is 12.3 Å². The van der Waals surface area contributed by atoms with Crippen LogP contribution in [-0.4, -0.2) is 29.0 Å². The van der Waals surface area contributed by atoms with Gasteiger partial charge in [0.2, 0.25) is 11.8 Å². The minimum absolute atomic E-state index is 0.0106. The Bertz CT molecular complexity index is 278. The molecule has 0 aliphatic carbocycles. The van der Waals surface area contributed by atoms with Crippen LogP contribution in [0, 0.1) is 11.3 Å². The highest BCUT2D eigenvalue weighted by atomic mass is 32.1. The predicted octanol–water partition coefficient (Wildman–Crippen LogP) is 2.51. The Morgan fingerprint density at radius 2 is 1.65 bits per heavy atom. The monoisotopic (exact) mass is 257 g/mol. The fourth-order valence-electron chi connectivity index (χ4n) is 1.99. The van der Waals surface area contributed by atoms with Gasteiger partial charge in [0.05, 0.1) is 0 Å². The molecule has 1 saturated heterocycles. The van der Waals surface area contributed by atoms with Crippen molar-refractivity contribution in [3.63, 3.8) is 0 Å². The zero-order chi connectivity index (χ0) is 13.1. The molecule has 4 heteroatoms. The fourth-order valence-corrected chi connectivity index (χ4v) is 2.65. The molecule has 0 aromatic heterocycles. The highest BCUT2D eigenvalue weighted by molar-refractivity contribution is 7.80. The van der Waals surface area contributed by atoms with E-state index in [-0.39, 0.29) is 23.1 Å². The molecule has 1 aliphatic rings. The summed E-state index contributed by atoms with van der Waals surface area (Å²) in [6.07, 6.45) is 2.69. The van der Waals surface area contributed by atoms with Gasteiger partial charge in [-0.25, -0.2) is 0 Å². The van der Waals surface area contributed by atoms with Crippen LogP contribution < -0.4 is 0 Å². The van der Waals surface area contributed by atoms with Gasteiger partial charge in [-0.2, -0.15) is 12.6 Å². The number of nitrogens with zero attached hydrogens (tertiary/aromatic N) is 1. The van der Waals surface area contributed by atoms with Gasteiger partial charge in [-0.3, -0.25) is 14.5 Å². The molecule has 1 fully saturated rings. The summed E-state index contributed by atoms with van der Waals surface area (Å²) < 4.78 is 0. The van der Waals surface area contributed by atoms with Gasteiger partial charge in [-0.05, 0) is 29.9 Å². The van der Waals surface area contributed by atoms with E-state index in [9.17, 15) is 9.59 Å². The van der Waals surface area contributed by atoms with Gasteiger partial charge in [0.15, 0.2) is 0 Å². The summed E-state index contributed by atoms with van der Waals surface area (Å²) in [6, 6.07) is 0. The summed E-state index contributed by atoms with van der Waals surface area (Å²) in [5, 5.41) is 0. The third-order valence-electron chi connectivity index (χ3n) is 3.48. The lowest BCUT2D eigenvalue weighted by Crippen LogP contribution is -2.42. The van der Waals surface area contributed by atoms with Crippen LogP contribution in [0.3, 0.4) is 0 Å². The number of carbonyl (C=O) groups excluding carboxylic acids is 2. The minimum atomic E-state index is -0.0106. The fraction of sp³-hybridized carbons (Fsp3) is 0.846. The van der Waals surface area contributed by atoms with Crippen LogP contribution in [0.1, 0.15) is 46.5 Å². The van der Waals surface area contributed by atoms with Crippen molar-refractivity contribution >= 4 is 24.4 Å². The van der Waals surface area contributed by atoms with Crippen molar-refractivity contribution in [3.05, 3.63) is 0 Å². The molecule has 1 unspecified atom stereocenters. The van der Waals surface area contributed by atoms with Gasteiger partial charge < -0.3 is 0 Å². The van der Waals surface area contributed by atoms with E-state index in [0.29, 0.717) is 25.1 Å². The average molecular weight is 257 g/mol. The number of thiol groups is 1. The zero-order valence-electron chi connectivity index (χ0n) is 11.0. The van der Waals surface area contributed by atoms with Crippen LogP contribution in [0.2, 0.25) is 0 Å². The lowest BCUT2D eigenvalue weighted by atomic mass is 9.81. The van der Waals surface area contributed by atoms with E-state index >= 15 is 0 Å². The largest absolute Gasteiger partial charge is 0.282 e. The first-order valence-corrected chi connectivity index (χ1v) is 6.93. The standard InChI is InChI=1S/C13H23NO2S/c1-13(2,3)10(9-17)8-14-11(15)6-4-5-7-12(14)16/h10,17H,4-9H2,1-3H3. The Morgan fingerprint density at radius 3 is 2.00 bits per heavy atom. The van der Waals surface area contributed by atoms with Crippen molar-refractivity contribution < 1.29 is 9.59 Å². The Labute approximate surface area is 109 Å². The maximum absolute atomic E-state index is 11.9. The molecule has 98 valence electrons. The first-order valence-electron chi connectivity index (χ1n) is 6.30. The van der Waals surface area contributed by atoms with Crippen LogP contribution in [-0.2, 0) is 9.59 Å². The van der Waals surface area contributed by atoms with Gasteiger partial charge in [0.1, 0.15) is 0 Å². The van der Waals surface area contributed by atoms with Crippen molar-refractivity contribution in [1.82, 2.24) is 4.90 Å². The highest BCUT2D eigenvalue weighted by Gasteiger charge is 2.31. The number of amides is 2. The quantitative estimate of drug-likeness (QED) is 0.623. The molecule has 0 aromatic rings. The molecule has 0 spiro atoms. The molecular formula is C13H23NO2S. The molecule has 0 N–H and O–H groups in total. The second-order valence-corrected chi connectivity index (χ2v) is 6.22. The number of carbonyl (C=O) groups is 2. The normalized spacial score (nSPS) is 20.4. The second kappa shape index (κ2) is 5.89. The molecule has 0 aromatic carbocycles. The summed E-state index contributed by atoms with van der Waals surface area (Å²) in [7, 11) is 0. The number of hydrogen-bond donors (Lipinski definition) is 1. The van der Waals surface area contributed by atoms with Gasteiger partial charge >= 0.3 is 0 Å². The second-order valence-electron chi connectivity index (χ2n) is 5.85. The average Bonchev–Trinajstić information content (AvgIpc) is 2.37. The lowest BCUT2D eigenvalue weighted by molar-refractivity contribution is -0.144. The van der Waals surface area contributed by atoms with Gasteiger partial charge in [-0.1, -0.05) is 20.8 Å². The van der Waals surface area contributed by atoms with E-state index in [2.05, 4.69) is 33.4 Å². The maximum Gasteiger partial charge on any atom is 0.229 e. The van der Waals surface area contributed by atoms with Crippen molar-refractivity contribution in [1.29, 1.82) is 0 Å². The Balaban J connectivity index is 2.75. The number of likely N-dealkylation sites (tertiary alicyclic amines) is 1. The van der Waals surface area contributed by atoms with Crippen LogP contribution >= 0.6 is 12.6 Å². The van der Waals surface area contributed by atoms with Crippen LogP contribution in [0.4, 0.5) is 0 Å². The van der Waals surface area contributed by atoms with Crippen molar-refractivity contribution in [2.45, 2.75) is 46.5 Å². The molecule has 1 rings (SSSR count). The Morgan fingerprint density at radius 1 is 1.18 bits per heavy atom. The van der Waals surface area contributed by atoms with Crippen LogP contribution in [0.25, 0.3) is 0 Å². The number of rotatable bonds is 3. The van der Waals surface area contributed by atoms with E-state index in [1.165, 1.54) is 4.90 Å². The van der Waals surface area contributed by atoms with E-state index in [4.69, 9.17) is 0 Å². The Kier molecular flexibility index (Phi) is 5.04. The van der Waals surface area contributed by atoms with E-state index < -0.39 is 0 Å². The third kappa shape index (κ3) is 4.02. The topological polar surface area (TPSA) is 37.4 Å². The molecule has 0 saturated carbocycles. The van der Waals surface area contributed by atoms with Gasteiger partial charge in [0, 0.05) is 19.4 Å². The third-order valence-corrected chi connectivity index (χ3v) is 3.92. The molecule has 0 radical (unpaired) electrons. The zero-order valence-corrected chi connectivity index (χ0v) is 11.9. The predicted molar refractivity (Wildman–Crippen MR) is 72.0 cm³/mol. The molecule has 0 bridgehead atoms. The first-order chi connectivity index (χ1) is 7.86. The van der Waals surface area contributed by atoms with Gasteiger partial charge in [-0.15, -0.1) is 0 Å². The summed E-state index contributed by atoms with van der Waals surface area (Å²) in [5.74, 6) is 0.921. The molecule has 1 heterocycles. The maximum atomic E-state index is 11.9. The van der Waals surface area contributed by atoms with Crippen LogP contribution in [0.5, 0.6) is 0 Å². The molecule has 17 heavy (non-hydrogen) atoms. The summed E-state index contributed by atoms with van der Waals surface area (Å²) in [6.45, 7) is 6.90. The summed E-state index contributed by atoms with van der Waals surface area (Å²) >= 11 is 4.35. The molecular weight excluding hydrogens is 234 g/mol. The van der Waals surface area contributed by atoms with E-state index in [1.807, 2.05) is 0 Å². The van der Waals surface area contributed by atoms with E-state index in [1.54, 1.807) is 0 Å². The summed E-state index contributed by atoms with van der Waals surface area (Å²) in [5.41, 5.74) is 0.0641. The molecule has 1 aliphatic heterocycles. The molecule has 1 atom stereocenters. The van der Waals surface area contributed by atoms with Crippen molar-refractivity contribution in [2.24, 2.45) is 11.3 Å². The molecule has 3 nitrogen and oxygen atoms in total. The number of hydrogen-bond acceptors (Lipinski definition) is 3. The minimum Gasteiger partial charge on any atom is -0.282 e. The van der Waals surface area contributed by atoms with E-state index in [0.717, 1.165) is 12.8 Å².